The van der Waals surface area contributed by atoms with Crippen LogP contribution in [0, 0.1) is 16.7 Å². The van der Waals surface area contributed by atoms with Gasteiger partial charge in [0.15, 0.2) is 0 Å². The van der Waals surface area contributed by atoms with E-state index in [1.807, 2.05) is 0 Å². The van der Waals surface area contributed by atoms with Crippen molar-refractivity contribution in [3.63, 3.8) is 0 Å². The van der Waals surface area contributed by atoms with Crippen molar-refractivity contribution in [3.8, 4) is 5.75 Å². The molecule has 0 saturated heterocycles. The lowest BCUT2D eigenvalue weighted by Gasteiger charge is -2.43. The molecule has 3 rings (SSSR count). The summed E-state index contributed by atoms with van der Waals surface area (Å²) in [5.41, 5.74) is 0.656. The number of hydrogen-bond donors (Lipinski definition) is 2. The van der Waals surface area contributed by atoms with Crippen LogP contribution in [0.2, 0.25) is 0 Å². The van der Waals surface area contributed by atoms with Crippen LogP contribution >= 0.6 is 15.9 Å². The SMILES string of the molecule is CC12CCC(C1)C(C)(C)C2NC(=O)c1ccc(Br)cc1O. The van der Waals surface area contributed by atoms with Gasteiger partial charge in [0.2, 0.25) is 0 Å². The maximum Gasteiger partial charge on any atom is 0.255 e. The number of carbonyl (C=O) groups is 1. The molecule has 3 atom stereocenters. The van der Waals surface area contributed by atoms with E-state index in [1.54, 1.807) is 18.2 Å². The molecule has 1 aromatic rings. The molecule has 2 fully saturated rings. The lowest BCUT2D eigenvalue weighted by atomic mass is 9.68. The van der Waals surface area contributed by atoms with Gasteiger partial charge in [-0.2, -0.15) is 0 Å². The maximum atomic E-state index is 12.6. The van der Waals surface area contributed by atoms with Gasteiger partial charge in [-0.05, 0) is 54.2 Å². The van der Waals surface area contributed by atoms with E-state index in [9.17, 15) is 9.90 Å². The van der Waals surface area contributed by atoms with Gasteiger partial charge in [0, 0.05) is 10.5 Å². The monoisotopic (exact) mass is 351 g/mol. The minimum atomic E-state index is -0.174. The topological polar surface area (TPSA) is 49.3 Å². The van der Waals surface area contributed by atoms with Crippen LogP contribution in [-0.2, 0) is 0 Å². The molecule has 3 nitrogen and oxygen atoms in total. The van der Waals surface area contributed by atoms with Crippen LogP contribution in [0.3, 0.4) is 0 Å². The van der Waals surface area contributed by atoms with Gasteiger partial charge in [0.1, 0.15) is 5.75 Å². The van der Waals surface area contributed by atoms with Gasteiger partial charge in [-0.1, -0.05) is 36.7 Å². The zero-order valence-corrected chi connectivity index (χ0v) is 14.3. The highest BCUT2D eigenvalue weighted by molar-refractivity contribution is 9.10. The Balaban J connectivity index is 1.85. The molecular formula is C17H22BrNO2. The highest BCUT2D eigenvalue weighted by Crippen LogP contribution is 2.62. The fraction of sp³-hybridized carbons (Fsp3) is 0.588. The first kappa shape index (κ1) is 14.9. The zero-order valence-electron chi connectivity index (χ0n) is 12.7. The Labute approximate surface area is 134 Å². The lowest BCUT2D eigenvalue weighted by molar-refractivity contribution is 0.0735. The highest BCUT2D eigenvalue weighted by atomic mass is 79.9. The first-order valence-electron chi connectivity index (χ1n) is 7.53. The average molecular weight is 352 g/mol. The molecule has 4 heteroatoms. The van der Waals surface area contributed by atoms with E-state index in [2.05, 4.69) is 42.0 Å². The van der Waals surface area contributed by atoms with Gasteiger partial charge < -0.3 is 10.4 Å². The van der Waals surface area contributed by atoms with Crippen LogP contribution in [0.5, 0.6) is 5.75 Å². The van der Waals surface area contributed by atoms with Crippen LogP contribution in [0.4, 0.5) is 0 Å². The molecule has 2 bridgehead atoms. The second kappa shape index (κ2) is 4.73. The smallest absolute Gasteiger partial charge is 0.255 e. The Morgan fingerprint density at radius 1 is 1.38 bits per heavy atom. The molecule has 0 aromatic heterocycles. The average Bonchev–Trinajstić information content (AvgIpc) is 2.85. The van der Waals surface area contributed by atoms with E-state index in [-0.39, 0.29) is 28.5 Å². The van der Waals surface area contributed by atoms with E-state index in [4.69, 9.17) is 0 Å². The maximum absolute atomic E-state index is 12.6. The molecule has 1 amide bonds. The number of phenolic OH excluding ortho intramolecular Hbond substituents is 1. The van der Waals surface area contributed by atoms with Crippen molar-refractivity contribution < 1.29 is 9.90 Å². The third-order valence-corrected chi connectivity index (χ3v) is 6.24. The molecule has 21 heavy (non-hydrogen) atoms. The highest BCUT2D eigenvalue weighted by Gasteiger charge is 2.59. The van der Waals surface area contributed by atoms with Gasteiger partial charge in [0.05, 0.1) is 5.56 Å². The largest absolute Gasteiger partial charge is 0.507 e. The summed E-state index contributed by atoms with van der Waals surface area (Å²) >= 11 is 3.30. The fourth-order valence-corrected chi connectivity index (χ4v) is 4.92. The number of rotatable bonds is 2. The molecule has 114 valence electrons. The Hall–Kier alpha value is -1.03. The number of nitrogens with one attached hydrogen (secondary N) is 1. The number of fused-ring (bicyclic) bond motifs is 2. The van der Waals surface area contributed by atoms with Crippen LogP contribution in [0.25, 0.3) is 0 Å². The van der Waals surface area contributed by atoms with Crippen LogP contribution in [-0.4, -0.2) is 17.1 Å². The van der Waals surface area contributed by atoms with Gasteiger partial charge in [0.25, 0.3) is 5.91 Å². The number of carbonyl (C=O) groups excluding carboxylic acids is 1. The van der Waals surface area contributed by atoms with Gasteiger partial charge >= 0.3 is 0 Å². The van der Waals surface area contributed by atoms with Crippen molar-refractivity contribution in [2.75, 3.05) is 0 Å². The Bertz CT molecular complexity index is 594. The van der Waals surface area contributed by atoms with Crippen molar-refractivity contribution in [1.29, 1.82) is 0 Å². The first-order valence-corrected chi connectivity index (χ1v) is 8.33. The van der Waals surface area contributed by atoms with Crippen LogP contribution in [0.1, 0.15) is 50.4 Å². The zero-order chi connectivity index (χ0) is 15.4. The summed E-state index contributed by atoms with van der Waals surface area (Å²) < 4.78 is 0.767. The van der Waals surface area contributed by atoms with Crippen molar-refractivity contribution in [2.24, 2.45) is 16.7 Å². The number of phenols is 1. The van der Waals surface area contributed by atoms with E-state index in [0.29, 0.717) is 11.5 Å². The first-order chi connectivity index (χ1) is 9.74. The predicted octanol–water partition coefficient (Wildman–Crippen LogP) is 4.10. The molecule has 2 N–H and O–H groups in total. The second-order valence-electron chi connectivity index (χ2n) is 7.48. The predicted molar refractivity (Wildman–Crippen MR) is 86.3 cm³/mol. The molecule has 0 spiro atoms. The summed E-state index contributed by atoms with van der Waals surface area (Å²) in [5, 5.41) is 13.2. The number of halogens is 1. The molecule has 0 radical (unpaired) electrons. The summed E-state index contributed by atoms with van der Waals surface area (Å²) in [6.45, 7) is 6.80. The standard InChI is InChI=1S/C17H22BrNO2/c1-16(2)10-6-7-17(3,9-10)15(16)19-14(21)12-5-4-11(18)8-13(12)20/h4-5,8,10,15,20H,6-7,9H2,1-3H3,(H,19,21). The minimum absolute atomic E-state index is 0.0213. The normalized spacial score (nSPS) is 33.1. The van der Waals surface area contributed by atoms with E-state index in [1.165, 1.54) is 19.3 Å². The number of amides is 1. The number of hydrogen-bond acceptors (Lipinski definition) is 2. The van der Waals surface area contributed by atoms with Crippen molar-refractivity contribution in [2.45, 2.75) is 46.1 Å². The van der Waals surface area contributed by atoms with Gasteiger partial charge in [-0.25, -0.2) is 0 Å². The van der Waals surface area contributed by atoms with E-state index < -0.39 is 0 Å². The van der Waals surface area contributed by atoms with E-state index in [0.717, 1.165) is 4.47 Å². The van der Waals surface area contributed by atoms with Gasteiger partial charge in [-0.15, -0.1) is 0 Å². The second-order valence-corrected chi connectivity index (χ2v) is 8.40. The number of benzene rings is 1. The van der Waals surface area contributed by atoms with Crippen molar-refractivity contribution in [3.05, 3.63) is 28.2 Å². The summed E-state index contributed by atoms with van der Waals surface area (Å²) in [5.74, 6) is 0.533. The molecule has 2 aliphatic carbocycles. The summed E-state index contributed by atoms with van der Waals surface area (Å²) in [7, 11) is 0. The molecule has 1 aromatic carbocycles. The molecular weight excluding hydrogens is 330 g/mol. The molecule has 2 saturated carbocycles. The molecule has 2 aliphatic rings. The summed E-state index contributed by atoms with van der Waals surface area (Å²) in [4.78, 5) is 12.6. The van der Waals surface area contributed by atoms with Crippen LogP contribution in [0.15, 0.2) is 22.7 Å². The van der Waals surface area contributed by atoms with Crippen LogP contribution < -0.4 is 5.32 Å². The van der Waals surface area contributed by atoms with Crippen molar-refractivity contribution >= 4 is 21.8 Å². The third kappa shape index (κ3) is 2.28. The van der Waals surface area contributed by atoms with Gasteiger partial charge in [-0.3, -0.25) is 4.79 Å². The quantitative estimate of drug-likeness (QED) is 0.842. The lowest BCUT2D eigenvalue weighted by Crippen LogP contribution is -2.52. The fourth-order valence-electron chi connectivity index (χ4n) is 4.57. The number of aromatic hydroxyl groups is 1. The van der Waals surface area contributed by atoms with Crippen molar-refractivity contribution in [1.82, 2.24) is 5.32 Å². The Kier molecular flexibility index (Phi) is 3.36. The Morgan fingerprint density at radius 2 is 2.10 bits per heavy atom. The summed E-state index contributed by atoms with van der Waals surface area (Å²) in [6.07, 6.45) is 3.63. The summed E-state index contributed by atoms with van der Waals surface area (Å²) in [6, 6.07) is 5.17. The Morgan fingerprint density at radius 3 is 2.67 bits per heavy atom. The minimum Gasteiger partial charge on any atom is -0.507 e. The van der Waals surface area contributed by atoms with E-state index >= 15 is 0 Å². The molecule has 0 heterocycles. The molecule has 0 aliphatic heterocycles. The molecule has 3 unspecified atom stereocenters. The third-order valence-electron chi connectivity index (χ3n) is 5.75.